The molecule has 0 saturated heterocycles. The predicted molar refractivity (Wildman–Crippen MR) is 135 cm³/mol. The molecule has 1 aromatic heterocycles. The molecule has 0 spiro atoms. The molecular formula is C23H18Cl2F5N5O3S. The van der Waals surface area contributed by atoms with Crippen LogP contribution in [-0.2, 0) is 16.8 Å². The minimum Gasteiger partial charge on any atom is -0.465 e. The van der Waals surface area contributed by atoms with Crippen molar-refractivity contribution in [3.05, 3.63) is 68.8 Å². The third-order valence-corrected chi connectivity index (χ3v) is 7.97. The fraction of sp³-hybridized carbons (Fsp3) is 0.217. The summed E-state index contributed by atoms with van der Waals surface area (Å²) in [5.74, 6) is -1.34. The van der Waals surface area contributed by atoms with Gasteiger partial charge in [0.1, 0.15) is 22.5 Å². The van der Waals surface area contributed by atoms with Gasteiger partial charge in [-0.05, 0) is 37.5 Å². The molecule has 4 rings (SSSR count). The molecule has 39 heavy (non-hydrogen) atoms. The minimum atomic E-state index is -10.2. The molecule has 1 fully saturated rings. The Morgan fingerprint density at radius 1 is 1.15 bits per heavy atom. The van der Waals surface area contributed by atoms with Gasteiger partial charge in [-0.3, -0.25) is 9.69 Å². The molecule has 1 aliphatic rings. The molecule has 3 aromatic rings. The lowest BCUT2D eigenvalue weighted by Gasteiger charge is -2.40. The maximum absolute atomic E-state index is 13.5. The van der Waals surface area contributed by atoms with E-state index in [4.69, 9.17) is 28.9 Å². The van der Waals surface area contributed by atoms with Crippen LogP contribution in [0.25, 0.3) is 5.69 Å². The van der Waals surface area contributed by atoms with Crippen molar-refractivity contribution in [2.75, 3.05) is 4.90 Å². The van der Waals surface area contributed by atoms with E-state index in [2.05, 4.69) is 5.10 Å². The monoisotopic (exact) mass is 609 g/mol. The van der Waals surface area contributed by atoms with Gasteiger partial charge < -0.3 is 10.8 Å². The van der Waals surface area contributed by atoms with Crippen LogP contribution in [0.5, 0.6) is 0 Å². The fourth-order valence-corrected chi connectivity index (χ4v) is 5.61. The summed E-state index contributed by atoms with van der Waals surface area (Å²) in [7, 11) is -10.2. The average molecular weight is 610 g/mol. The lowest BCUT2D eigenvalue weighted by molar-refractivity contribution is -0.120. The molecule has 1 aliphatic carbocycles. The van der Waals surface area contributed by atoms with Gasteiger partial charge in [0.05, 0.1) is 22.0 Å². The highest BCUT2D eigenvalue weighted by Gasteiger charge is 2.66. The number of halogens is 7. The third-order valence-electron chi connectivity index (χ3n) is 6.26. The second-order valence-electron chi connectivity index (χ2n) is 9.08. The van der Waals surface area contributed by atoms with Crippen molar-refractivity contribution in [1.82, 2.24) is 9.78 Å². The molecular weight excluding hydrogens is 592 g/mol. The van der Waals surface area contributed by atoms with Crippen LogP contribution in [-0.4, -0.2) is 26.9 Å². The van der Waals surface area contributed by atoms with Crippen LogP contribution in [0.2, 0.25) is 10.0 Å². The lowest BCUT2D eigenvalue weighted by atomic mass is 9.94. The van der Waals surface area contributed by atoms with E-state index in [1.54, 1.807) is 37.3 Å². The first-order chi connectivity index (χ1) is 17.8. The van der Waals surface area contributed by atoms with E-state index in [-0.39, 0.29) is 37.1 Å². The number of carbonyl (C=O) groups is 2. The topological polar surface area (TPSA) is 125 Å². The summed E-state index contributed by atoms with van der Waals surface area (Å²) in [4.78, 5) is 23.3. The number of nitriles is 1. The van der Waals surface area contributed by atoms with Crippen molar-refractivity contribution in [2.24, 2.45) is 5.73 Å². The first-order valence-corrected chi connectivity index (χ1v) is 13.6. The average Bonchev–Trinajstić information content (AvgIpc) is 3.52. The number of aromatic nitrogens is 2. The van der Waals surface area contributed by atoms with Crippen LogP contribution in [0.3, 0.4) is 0 Å². The molecule has 0 aliphatic heterocycles. The van der Waals surface area contributed by atoms with Crippen LogP contribution in [0, 0.1) is 18.3 Å². The van der Waals surface area contributed by atoms with Crippen LogP contribution < -0.4 is 10.6 Å². The first kappa shape index (κ1) is 28.5. The van der Waals surface area contributed by atoms with E-state index in [9.17, 15) is 39.4 Å². The number of amides is 2. The molecule has 1 saturated carbocycles. The Balaban J connectivity index is 2.05. The minimum absolute atomic E-state index is 0.0619. The number of nitrogens with two attached hydrogens (primary N) is 1. The number of hydrogen-bond acceptors (Lipinski definition) is 4. The van der Waals surface area contributed by atoms with Gasteiger partial charge in [-0.15, -0.1) is 0 Å². The van der Waals surface area contributed by atoms with E-state index < -0.39 is 59.8 Å². The number of hydrogen-bond donors (Lipinski definition) is 2. The number of aryl methyl sites for hydroxylation is 1. The molecule has 8 nitrogen and oxygen atoms in total. The van der Waals surface area contributed by atoms with E-state index in [1.807, 2.05) is 0 Å². The van der Waals surface area contributed by atoms with Crippen molar-refractivity contribution in [3.8, 4) is 11.8 Å². The highest BCUT2D eigenvalue weighted by molar-refractivity contribution is 8.45. The number of anilines is 1. The number of benzene rings is 2. The Hall–Kier alpha value is -3.54. The van der Waals surface area contributed by atoms with E-state index in [0.717, 1.165) is 5.56 Å². The summed E-state index contributed by atoms with van der Waals surface area (Å²) in [5.41, 5.74) is 4.13. The van der Waals surface area contributed by atoms with Crippen LogP contribution in [0.15, 0.2) is 41.3 Å². The summed E-state index contributed by atoms with van der Waals surface area (Å²) < 4.78 is 68.1. The van der Waals surface area contributed by atoms with Gasteiger partial charge in [-0.25, -0.2) is 9.48 Å². The van der Waals surface area contributed by atoms with Crippen molar-refractivity contribution in [1.29, 1.82) is 5.26 Å². The van der Waals surface area contributed by atoms with E-state index in [1.165, 1.54) is 0 Å². The van der Waals surface area contributed by atoms with Crippen molar-refractivity contribution < 1.29 is 34.1 Å². The largest absolute Gasteiger partial charge is 0.465 e. The van der Waals surface area contributed by atoms with Gasteiger partial charge in [0.25, 0.3) is 0 Å². The van der Waals surface area contributed by atoms with Gasteiger partial charge in [-0.1, -0.05) is 72.5 Å². The third kappa shape index (κ3) is 5.21. The normalized spacial score (nSPS) is 16.1. The fourth-order valence-electron chi connectivity index (χ4n) is 4.15. The zero-order chi connectivity index (χ0) is 29.2. The lowest BCUT2D eigenvalue weighted by Crippen LogP contribution is -2.35. The smallest absolute Gasteiger partial charge is 0.413 e. The summed E-state index contributed by atoms with van der Waals surface area (Å²) in [5, 5.41) is 22.1. The molecule has 0 radical (unpaired) electrons. The highest BCUT2D eigenvalue weighted by Crippen LogP contribution is 3.02. The Kier molecular flexibility index (Phi) is 6.19. The van der Waals surface area contributed by atoms with Gasteiger partial charge in [0.2, 0.25) is 5.91 Å². The molecule has 2 amide bonds. The van der Waals surface area contributed by atoms with Gasteiger partial charge in [-0.2, -0.15) is 10.4 Å². The number of nitrogens with zero attached hydrogens (tertiary/aromatic N) is 4. The molecule has 208 valence electrons. The second kappa shape index (κ2) is 8.48. The quantitative estimate of drug-likeness (QED) is 0.274. The van der Waals surface area contributed by atoms with Crippen LogP contribution in [0.1, 0.15) is 35.2 Å². The van der Waals surface area contributed by atoms with E-state index in [0.29, 0.717) is 15.1 Å². The zero-order valence-electron chi connectivity index (χ0n) is 19.8. The van der Waals surface area contributed by atoms with Crippen molar-refractivity contribution in [2.45, 2.75) is 36.6 Å². The molecule has 3 N–H and O–H groups in total. The van der Waals surface area contributed by atoms with Gasteiger partial charge in [0, 0.05) is 5.56 Å². The van der Waals surface area contributed by atoms with Crippen LogP contribution in [0.4, 0.5) is 30.0 Å². The molecule has 2 aromatic carbocycles. The van der Waals surface area contributed by atoms with Crippen molar-refractivity contribution >= 4 is 51.2 Å². The summed E-state index contributed by atoms with van der Waals surface area (Å²) in [6, 6.07) is 8.24. The molecule has 16 heteroatoms. The standard InChI is InChI=1S/C23H18Cl2F5N5O3S/c1-12-2-4-13(5-3-12)11-34(22(37)38)20-18(23(6-7-23)21(32)36)17(10-31)33-35(20)19-15(24)8-14(9-16(19)25)39(26,27,28,29)30/h2-5,8-9H,6-7,11H2,1H3,(H2,32,36)(H,37,38). The van der Waals surface area contributed by atoms with Crippen LogP contribution >= 0.6 is 33.4 Å². The van der Waals surface area contributed by atoms with E-state index >= 15 is 0 Å². The maximum atomic E-state index is 13.5. The molecule has 0 atom stereocenters. The van der Waals surface area contributed by atoms with Gasteiger partial charge in [0.15, 0.2) is 5.69 Å². The number of rotatable bonds is 7. The highest BCUT2D eigenvalue weighted by atomic mass is 35.5. The summed E-state index contributed by atoms with van der Waals surface area (Å²) in [6.07, 6.45) is -1.35. The number of carboxylic acid groups (broad SMARTS) is 1. The molecule has 1 heterocycles. The molecule has 0 bridgehead atoms. The second-order valence-corrected chi connectivity index (χ2v) is 12.3. The number of carbonyl (C=O) groups excluding carboxylic acids is 1. The predicted octanol–water partition coefficient (Wildman–Crippen LogP) is 7.22. The molecule has 0 unspecified atom stereocenters. The van der Waals surface area contributed by atoms with Gasteiger partial charge >= 0.3 is 16.3 Å². The SMILES string of the molecule is Cc1ccc(CN(C(=O)O)c2c(C3(C(N)=O)CC3)c(C#N)nn2-c2c(Cl)cc(S(F)(F)(F)(F)F)cc2Cl)cc1. The first-order valence-electron chi connectivity index (χ1n) is 10.9. The number of primary amides is 1. The zero-order valence-corrected chi connectivity index (χ0v) is 22.1. The maximum Gasteiger partial charge on any atom is 0.413 e. The Bertz CT molecular complexity index is 1560. The summed E-state index contributed by atoms with van der Waals surface area (Å²) >= 11 is 12.1. The Labute approximate surface area is 228 Å². The van der Waals surface area contributed by atoms with Crippen molar-refractivity contribution in [3.63, 3.8) is 0 Å². The Morgan fingerprint density at radius 2 is 1.69 bits per heavy atom. The Morgan fingerprint density at radius 3 is 2.10 bits per heavy atom. The summed E-state index contributed by atoms with van der Waals surface area (Å²) in [6.45, 7) is 1.43.